The van der Waals surface area contributed by atoms with Crippen molar-refractivity contribution in [3.8, 4) is 0 Å². The Morgan fingerprint density at radius 2 is 2.62 bits per heavy atom. The van der Waals surface area contributed by atoms with Gasteiger partial charge in [-0.3, -0.25) is 0 Å². The minimum Gasteiger partial charge on any atom is -0.416 e. The molecular weight excluding hydrogens is 188 g/mol. The van der Waals surface area contributed by atoms with E-state index in [2.05, 4.69) is 10.3 Å². The average Bonchev–Trinajstić information content (AvgIpc) is 2.65. The molecule has 1 aliphatic heterocycles. The molecule has 0 spiro atoms. The molecule has 13 heavy (non-hydrogen) atoms. The summed E-state index contributed by atoms with van der Waals surface area (Å²) < 4.78 is 4.82. The highest BCUT2D eigenvalue weighted by atomic mass is 31.1. The molecule has 72 valence electrons. The van der Waals surface area contributed by atoms with Gasteiger partial charge in [-0.2, -0.15) is 0 Å². The zero-order chi connectivity index (χ0) is 9.68. The van der Waals surface area contributed by atoms with Crippen LogP contribution in [0.1, 0.15) is 6.42 Å². The van der Waals surface area contributed by atoms with Crippen LogP contribution in [0.25, 0.3) is 0 Å². The Morgan fingerprint density at radius 1 is 1.85 bits per heavy atom. The highest BCUT2D eigenvalue weighted by molar-refractivity contribution is 7.32. The van der Waals surface area contributed by atoms with Crippen molar-refractivity contribution >= 4 is 23.0 Å². The van der Waals surface area contributed by atoms with E-state index in [-0.39, 0.29) is 21.1 Å². The zero-order valence-electron chi connectivity index (χ0n) is 7.54. The normalized spacial score (nSPS) is 22.4. The van der Waals surface area contributed by atoms with Crippen LogP contribution in [0.15, 0.2) is 0 Å². The maximum absolute atomic E-state index is 11.3. The molecule has 0 aromatic rings. The third-order valence-electron chi connectivity index (χ3n) is 2.07. The maximum atomic E-state index is 11.3. The lowest BCUT2D eigenvalue weighted by Gasteiger charge is -2.22. The molecule has 1 aliphatic rings. The molecule has 0 aliphatic carbocycles. The molecule has 1 rings (SSSR count). The number of amides is 1. The standard InChI is InChI=1S/C6H13BN3O2P/c1-10(5-2-3-8-4-5)6(11)12-13-9-7/h5,8-9,13H,2-4H2,1H3/t5-/m0/s1. The lowest BCUT2D eigenvalue weighted by Crippen LogP contribution is -2.37. The van der Waals surface area contributed by atoms with Crippen LogP contribution in [0.5, 0.6) is 0 Å². The van der Waals surface area contributed by atoms with Crippen LogP contribution in [0.3, 0.4) is 0 Å². The molecular formula is C6H13BN3O2P. The molecule has 1 amide bonds. The number of nitrogens with zero attached hydrogens (tertiary/aromatic N) is 1. The monoisotopic (exact) mass is 201 g/mol. The van der Waals surface area contributed by atoms with Crippen molar-refractivity contribution in [2.45, 2.75) is 12.5 Å². The Morgan fingerprint density at radius 3 is 3.15 bits per heavy atom. The summed E-state index contributed by atoms with van der Waals surface area (Å²) in [7, 11) is 6.54. The topological polar surface area (TPSA) is 53.6 Å². The minimum atomic E-state index is -0.329. The van der Waals surface area contributed by atoms with E-state index >= 15 is 0 Å². The van der Waals surface area contributed by atoms with Crippen molar-refractivity contribution in [2.75, 3.05) is 20.1 Å². The Bertz CT molecular complexity index is 177. The van der Waals surface area contributed by atoms with E-state index in [9.17, 15) is 4.79 Å². The van der Waals surface area contributed by atoms with Crippen molar-refractivity contribution in [1.29, 1.82) is 0 Å². The summed E-state index contributed by atoms with van der Waals surface area (Å²) in [6.07, 6.45) is 0.648. The molecule has 1 fully saturated rings. The summed E-state index contributed by atoms with van der Waals surface area (Å²) in [5, 5.41) is 3.18. The minimum absolute atomic E-state index is 0.180. The Kier molecular flexibility index (Phi) is 4.49. The first-order valence-corrected chi connectivity index (χ1v) is 5.01. The fourth-order valence-electron chi connectivity index (χ4n) is 1.26. The molecule has 7 heteroatoms. The highest BCUT2D eigenvalue weighted by Gasteiger charge is 2.23. The molecule has 0 bridgehead atoms. The van der Waals surface area contributed by atoms with Gasteiger partial charge >= 0.3 is 6.09 Å². The van der Waals surface area contributed by atoms with Crippen LogP contribution in [0.2, 0.25) is 0 Å². The molecule has 0 aromatic heterocycles. The van der Waals surface area contributed by atoms with Gasteiger partial charge in [0.15, 0.2) is 7.98 Å². The van der Waals surface area contributed by atoms with Gasteiger partial charge in [-0.1, -0.05) is 0 Å². The van der Waals surface area contributed by atoms with E-state index < -0.39 is 0 Å². The summed E-state index contributed by atoms with van der Waals surface area (Å²) in [6.45, 7) is 1.80. The number of rotatable bonds is 3. The van der Waals surface area contributed by atoms with Crippen molar-refractivity contribution in [2.24, 2.45) is 0 Å². The zero-order valence-corrected chi connectivity index (χ0v) is 8.54. The Hall–Kier alpha value is -0.315. The fourth-order valence-corrected chi connectivity index (χ4v) is 1.55. The predicted octanol–water partition coefficient (Wildman–Crippen LogP) is -0.402. The number of carbonyl (C=O) groups is 1. The lowest BCUT2D eigenvalue weighted by molar-refractivity contribution is 0.154. The van der Waals surface area contributed by atoms with E-state index in [1.54, 1.807) is 11.9 Å². The number of likely N-dealkylation sites (N-methyl/N-ethyl adjacent to an activating group) is 1. The molecule has 0 aromatic carbocycles. The first kappa shape index (κ1) is 10.8. The molecule has 2 radical (unpaired) electrons. The molecule has 2 atom stereocenters. The fraction of sp³-hybridized carbons (Fsp3) is 0.833. The second kappa shape index (κ2) is 5.42. The van der Waals surface area contributed by atoms with Crippen molar-refractivity contribution < 1.29 is 9.32 Å². The number of nitrogens with one attached hydrogen (secondary N) is 2. The molecule has 2 N–H and O–H groups in total. The van der Waals surface area contributed by atoms with E-state index in [4.69, 9.17) is 12.5 Å². The van der Waals surface area contributed by atoms with Crippen LogP contribution in [-0.2, 0) is 4.52 Å². The number of hydrogen-bond donors (Lipinski definition) is 2. The highest BCUT2D eigenvalue weighted by Crippen LogP contribution is 2.12. The van der Waals surface area contributed by atoms with Gasteiger partial charge in [-0.25, -0.2) is 4.79 Å². The summed E-state index contributed by atoms with van der Waals surface area (Å²) >= 11 is 0. The number of hydrogen-bond acceptors (Lipinski definition) is 4. The average molecular weight is 201 g/mol. The van der Waals surface area contributed by atoms with Gasteiger partial charge in [0.25, 0.3) is 0 Å². The van der Waals surface area contributed by atoms with Crippen molar-refractivity contribution in [1.82, 2.24) is 15.2 Å². The van der Waals surface area contributed by atoms with Crippen LogP contribution in [0, 0.1) is 0 Å². The summed E-state index contributed by atoms with van der Waals surface area (Å²) in [6, 6.07) is 0.245. The van der Waals surface area contributed by atoms with Gasteiger partial charge in [-0.15, -0.1) is 0 Å². The number of carbonyl (C=O) groups excluding carboxylic acids is 1. The summed E-state index contributed by atoms with van der Waals surface area (Å²) in [5.41, 5.74) is 0. The van der Waals surface area contributed by atoms with Crippen molar-refractivity contribution in [3.05, 3.63) is 0 Å². The molecule has 5 nitrogen and oxygen atoms in total. The first-order valence-electron chi connectivity index (χ1n) is 4.10. The van der Waals surface area contributed by atoms with Crippen LogP contribution in [-0.4, -0.2) is 45.2 Å². The second-order valence-corrected chi connectivity index (χ2v) is 3.57. The summed E-state index contributed by atoms with van der Waals surface area (Å²) in [5.74, 6) is 0. The molecule has 1 unspecified atom stereocenters. The lowest BCUT2D eigenvalue weighted by atomic mass is 10.2. The molecule has 0 saturated carbocycles. The van der Waals surface area contributed by atoms with E-state index in [0.29, 0.717) is 0 Å². The Labute approximate surface area is 80.9 Å². The van der Waals surface area contributed by atoms with Crippen LogP contribution in [0.4, 0.5) is 4.79 Å². The van der Waals surface area contributed by atoms with Gasteiger partial charge < -0.3 is 19.7 Å². The predicted molar refractivity (Wildman–Crippen MR) is 52.7 cm³/mol. The Balaban J connectivity index is 2.28. The third-order valence-corrected chi connectivity index (χ3v) is 2.46. The van der Waals surface area contributed by atoms with Crippen LogP contribution < -0.4 is 10.3 Å². The van der Waals surface area contributed by atoms with E-state index in [1.807, 2.05) is 0 Å². The smallest absolute Gasteiger partial charge is 0.413 e. The van der Waals surface area contributed by atoms with E-state index in [1.165, 1.54) is 0 Å². The first-order chi connectivity index (χ1) is 6.25. The van der Waals surface area contributed by atoms with Gasteiger partial charge in [0, 0.05) is 19.6 Å². The van der Waals surface area contributed by atoms with Gasteiger partial charge in [-0.05, 0) is 13.0 Å². The largest absolute Gasteiger partial charge is 0.416 e. The van der Waals surface area contributed by atoms with Gasteiger partial charge in [0.1, 0.15) is 8.96 Å². The van der Waals surface area contributed by atoms with Gasteiger partial charge in [0.2, 0.25) is 0 Å². The second-order valence-electron chi connectivity index (χ2n) is 2.87. The quantitative estimate of drug-likeness (QED) is 0.481. The maximum Gasteiger partial charge on any atom is 0.413 e. The van der Waals surface area contributed by atoms with E-state index in [0.717, 1.165) is 19.5 Å². The third kappa shape index (κ3) is 3.14. The van der Waals surface area contributed by atoms with Crippen molar-refractivity contribution in [3.63, 3.8) is 0 Å². The van der Waals surface area contributed by atoms with Crippen LogP contribution >= 0.6 is 8.96 Å². The molecule has 1 saturated heterocycles. The summed E-state index contributed by atoms with van der Waals surface area (Å²) in [4.78, 5) is 15.2. The SMILES string of the molecule is [B]NPOC(=O)N(C)[C@H]1CCNC1. The molecule has 1 heterocycles. The van der Waals surface area contributed by atoms with Gasteiger partial charge in [0.05, 0.1) is 0 Å².